The number of amides is 1. The molecule has 0 aliphatic rings. The summed E-state index contributed by atoms with van der Waals surface area (Å²) in [6.45, 7) is 0. The number of nitrogens with one attached hydrogen (secondary N) is 1. The van der Waals surface area contributed by atoms with Crippen molar-refractivity contribution in [2.75, 3.05) is 5.32 Å². The third-order valence-electron chi connectivity index (χ3n) is 3.61. The zero-order chi connectivity index (χ0) is 20.3. The molecule has 28 heavy (non-hydrogen) atoms. The minimum atomic E-state index is -1.32. The van der Waals surface area contributed by atoms with Crippen LogP contribution in [-0.4, -0.2) is 36.7 Å². The van der Waals surface area contributed by atoms with Crippen molar-refractivity contribution >= 4 is 23.3 Å². The molecule has 3 aromatic rings. The van der Waals surface area contributed by atoms with Gasteiger partial charge in [-0.2, -0.15) is 5.10 Å². The topological polar surface area (TPSA) is 149 Å². The number of nitro groups is 1. The summed E-state index contributed by atoms with van der Waals surface area (Å²) in [5, 5.41) is 26.6. The average molecular weight is 383 g/mol. The smallest absolute Gasteiger partial charge is 0.339 e. The Bertz CT molecular complexity index is 1060. The number of anilines is 1. The number of aromatic carboxylic acids is 1. The molecule has 0 bridgehead atoms. The molecule has 0 spiro atoms. The van der Waals surface area contributed by atoms with Gasteiger partial charge in [-0.1, -0.05) is 0 Å². The Labute approximate surface area is 157 Å². The van der Waals surface area contributed by atoms with E-state index in [0.717, 1.165) is 16.9 Å². The molecule has 0 aliphatic heterocycles. The molecule has 11 nitrogen and oxygen atoms in total. The van der Waals surface area contributed by atoms with Crippen LogP contribution in [0.1, 0.15) is 20.8 Å². The number of pyridine rings is 1. The van der Waals surface area contributed by atoms with Crippen LogP contribution in [0.4, 0.5) is 11.4 Å². The summed E-state index contributed by atoms with van der Waals surface area (Å²) in [4.78, 5) is 38.2. The molecule has 1 aromatic carbocycles. The highest BCUT2D eigenvalue weighted by Gasteiger charge is 2.22. The molecule has 3 rings (SSSR count). The number of hydrogen-bond donors (Lipinski definition) is 2. The van der Waals surface area contributed by atoms with E-state index in [0.29, 0.717) is 5.75 Å². The van der Waals surface area contributed by atoms with Gasteiger partial charge in [-0.15, -0.1) is 0 Å². The zero-order valence-electron chi connectivity index (χ0n) is 14.4. The molecule has 2 N–H and O–H groups in total. The molecule has 0 radical (unpaired) electrons. The highest BCUT2D eigenvalue weighted by atomic mass is 16.6. The number of carbonyl (C=O) groups excluding carboxylic acids is 1. The minimum absolute atomic E-state index is 0.0515. The molecule has 0 fully saturated rings. The van der Waals surface area contributed by atoms with Gasteiger partial charge in [0.1, 0.15) is 22.8 Å². The van der Waals surface area contributed by atoms with E-state index in [1.165, 1.54) is 25.4 Å². The molecule has 0 unspecified atom stereocenters. The second kappa shape index (κ2) is 7.53. The number of aromatic nitrogens is 3. The molecule has 0 atom stereocenters. The Morgan fingerprint density at radius 1 is 1.25 bits per heavy atom. The van der Waals surface area contributed by atoms with Gasteiger partial charge in [0.05, 0.1) is 29.1 Å². The quantitative estimate of drug-likeness (QED) is 0.487. The van der Waals surface area contributed by atoms with Gasteiger partial charge in [-0.25, -0.2) is 4.79 Å². The standard InChI is InChI=1S/C17H13N5O6/c1-21-15(14(9-19-21)17(24)25)16(23)20-10-5-11(22(26)27)7-13(6-10)28-12-3-2-4-18-8-12/h2-9H,1H3,(H,20,23)(H,24,25). The van der Waals surface area contributed by atoms with Gasteiger partial charge in [-0.05, 0) is 12.1 Å². The third-order valence-corrected chi connectivity index (χ3v) is 3.61. The number of rotatable bonds is 6. The predicted molar refractivity (Wildman–Crippen MR) is 95.5 cm³/mol. The van der Waals surface area contributed by atoms with Crippen molar-refractivity contribution in [2.24, 2.45) is 7.05 Å². The number of ether oxygens (including phenoxy) is 1. The van der Waals surface area contributed by atoms with Gasteiger partial charge in [-0.3, -0.25) is 24.6 Å². The molecule has 11 heteroatoms. The second-order valence-corrected chi connectivity index (χ2v) is 5.55. The lowest BCUT2D eigenvalue weighted by molar-refractivity contribution is -0.384. The lowest BCUT2D eigenvalue weighted by atomic mass is 10.2. The fourth-order valence-corrected chi connectivity index (χ4v) is 2.42. The molecule has 142 valence electrons. The molecule has 0 aliphatic carbocycles. The number of carboxylic acids is 1. The first-order chi connectivity index (χ1) is 13.3. The Morgan fingerprint density at radius 3 is 2.68 bits per heavy atom. The summed E-state index contributed by atoms with van der Waals surface area (Å²) < 4.78 is 6.64. The van der Waals surface area contributed by atoms with Gasteiger partial charge >= 0.3 is 5.97 Å². The molecule has 0 saturated heterocycles. The molecule has 1 amide bonds. The van der Waals surface area contributed by atoms with Gasteiger partial charge in [0.25, 0.3) is 11.6 Å². The van der Waals surface area contributed by atoms with Crippen molar-refractivity contribution in [2.45, 2.75) is 0 Å². The lowest BCUT2D eigenvalue weighted by Crippen LogP contribution is -2.19. The van der Waals surface area contributed by atoms with Crippen LogP contribution in [0.25, 0.3) is 0 Å². The summed E-state index contributed by atoms with van der Waals surface area (Å²) >= 11 is 0. The minimum Gasteiger partial charge on any atom is -0.478 e. The first-order valence-corrected chi connectivity index (χ1v) is 7.79. The highest BCUT2D eigenvalue weighted by Crippen LogP contribution is 2.29. The van der Waals surface area contributed by atoms with E-state index >= 15 is 0 Å². The number of benzene rings is 1. The van der Waals surface area contributed by atoms with Gasteiger partial charge in [0, 0.05) is 25.4 Å². The van der Waals surface area contributed by atoms with Crippen LogP contribution >= 0.6 is 0 Å². The third kappa shape index (κ3) is 3.93. The number of carbonyl (C=O) groups is 2. The number of carboxylic acid groups (broad SMARTS) is 1. The Morgan fingerprint density at radius 2 is 2.04 bits per heavy atom. The van der Waals surface area contributed by atoms with Crippen LogP contribution in [0.3, 0.4) is 0 Å². The van der Waals surface area contributed by atoms with E-state index < -0.39 is 16.8 Å². The fraction of sp³-hybridized carbons (Fsp3) is 0.0588. The average Bonchev–Trinajstić information content (AvgIpc) is 3.04. The number of hydrogen-bond acceptors (Lipinski definition) is 7. The van der Waals surface area contributed by atoms with E-state index in [2.05, 4.69) is 15.4 Å². The van der Waals surface area contributed by atoms with Gasteiger partial charge in [0.15, 0.2) is 0 Å². The number of non-ortho nitro benzene ring substituents is 1. The summed E-state index contributed by atoms with van der Waals surface area (Å²) in [6.07, 6.45) is 4.01. The van der Waals surface area contributed by atoms with E-state index in [1.54, 1.807) is 18.3 Å². The van der Waals surface area contributed by atoms with Crippen molar-refractivity contribution < 1.29 is 24.4 Å². The molecule has 2 heterocycles. The maximum Gasteiger partial charge on any atom is 0.339 e. The first kappa shape index (κ1) is 18.5. The van der Waals surface area contributed by atoms with Crippen LogP contribution in [0.2, 0.25) is 0 Å². The summed E-state index contributed by atoms with van der Waals surface area (Å²) in [7, 11) is 1.41. The summed E-state index contributed by atoms with van der Waals surface area (Å²) in [5.74, 6) is -1.66. The summed E-state index contributed by atoms with van der Waals surface area (Å²) in [5.41, 5.74) is -0.762. The number of nitro benzene ring substituents is 1. The van der Waals surface area contributed by atoms with E-state index in [9.17, 15) is 24.8 Å². The maximum absolute atomic E-state index is 12.5. The fourth-order valence-electron chi connectivity index (χ4n) is 2.42. The predicted octanol–water partition coefficient (Wildman–Crippen LogP) is 2.47. The lowest BCUT2D eigenvalue weighted by Gasteiger charge is -2.10. The van der Waals surface area contributed by atoms with Crippen LogP contribution in [0.5, 0.6) is 11.5 Å². The molecule has 0 saturated carbocycles. The van der Waals surface area contributed by atoms with Crippen LogP contribution in [0, 0.1) is 10.1 Å². The van der Waals surface area contributed by atoms with Crippen molar-refractivity contribution in [3.05, 3.63) is 70.3 Å². The Kier molecular flexibility index (Phi) is 4.98. The van der Waals surface area contributed by atoms with Crippen molar-refractivity contribution in [1.29, 1.82) is 0 Å². The second-order valence-electron chi connectivity index (χ2n) is 5.55. The van der Waals surface area contributed by atoms with Gasteiger partial charge < -0.3 is 15.2 Å². The van der Waals surface area contributed by atoms with Crippen LogP contribution < -0.4 is 10.1 Å². The van der Waals surface area contributed by atoms with Crippen LogP contribution in [0.15, 0.2) is 48.9 Å². The summed E-state index contributed by atoms with van der Waals surface area (Å²) in [6, 6.07) is 6.93. The molecule has 2 aromatic heterocycles. The Balaban J connectivity index is 1.93. The van der Waals surface area contributed by atoms with Gasteiger partial charge in [0.2, 0.25) is 0 Å². The van der Waals surface area contributed by atoms with Crippen molar-refractivity contribution in [3.8, 4) is 11.5 Å². The maximum atomic E-state index is 12.5. The van der Waals surface area contributed by atoms with Crippen molar-refractivity contribution in [1.82, 2.24) is 14.8 Å². The molecular formula is C17H13N5O6. The van der Waals surface area contributed by atoms with Crippen LogP contribution in [-0.2, 0) is 7.05 Å². The number of nitrogens with zero attached hydrogens (tertiary/aromatic N) is 4. The van der Waals surface area contributed by atoms with E-state index in [-0.39, 0.29) is 28.4 Å². The number of aryl methyl sites for hydroxylation is 1. The Hall–Kier alpha value is -4.28. The highest BCUT2D eigenvalue weighted by molar-refractivity contribution is 6.09. The van der Waals surface area contributed by atoms with Crippen molar-refractivity contribution in [3.63, 3.8) is 0 Å². The monoisotopic (exact) mass is 383 g/mol. The molecular weight excluding hydrogens is 370 g/mol. The largest absolute Gasteiger partial charge is 0.478 e. The zero-order valence-corrected chi connectivity index (χ0v) is 14.4. The van der Waals surface area contributed by atoms with E-state index in [4.69, 9.17) is 4.74 Å². The first-order valence-electron chi connectivity index (χ1n) is 7.79. The SMILES string of the molecule is Cn1ncc(C(=O)O)c1C(=O)Nc1cc(Oc2cccnc2)cc([N+](=O)[O-])c1. The van der Waals surface area contributed by atoms with E-state index in [1.807, 2.05) is 0 Å². The normalized spacial score (nSPS) is 10.3.